The SMILES string of the molecule is O=C(O)C(O)=CC(=O)c1cc(C2CC=CS2)[nH]n1. The van der Waals surface area contributed by atoms with Crippen LogP contribution in [-0.4, -0.2) is 32.2 Å². The third-order valence-electron chi connectivity index (χ3n) is 2.37. The van der Waals surface area contributed by atoms with E-state index in [1.807, 2.05) is 11.5 Å². The van der Waals surface area contributed by atoms with Crippen LogP contribution in [0.3, 0.4) is 0 Å². The lowest BCUT2D eigenvalue weighted by molar-refractivity contribution is -0.135. The number of hydrogen-bond acceptors (Lipinski definition) is 5. The standard InChI is InChI=1S/C11H10N2O4S/c14-8(5-9(15)11(16)17)6-4-7(13-12-6)10-2-1-3-18-10/h1,3-5,10,15H,2H2,(H,12,13)(H,16,17). The highest BCUT2D eigenvalue weighted by molar-refractivity contribution is 8.02. The second kappa shape index (κ2) is 5.09. The minimum Gasteiger partial charge on any atom is -0.502 e. The van der Waals surface area contributed by atoms with Crippen LogP contribution in [0.1, 0.15) is 27.9 Å². The van der Waals surface area contributed by atoms with Gasteiger partial charge in [0.2, 0.25) is 11.5 Å². The van der Waals surface area contributed by atoms with E-state index in [1.165, 1.54) is 0 Å². The number of ketones is 1. The summed E-state index contributed by atoms with van der Waals surface area (Å²) in [5.41, 5.74) is 0.891. The van der Waals surface area contributed by atoms with Gasteiger partial charge in [-0.05, 0) is 17.9 Å². The molecule has 0 aliphatic carbocycles. The number of nitrogens with one attached hydrogen (secondary N) is 1. The van der Waals surface area contributed by atoms with Gasteiger partial charge in [0, 0.05) is 11.8 Å². The Morgan fingerprint density at radius 2 is 2.28 bits per heavy atom. The minimum absolute atomic E-state index is 0.0882. The fraction of sp³-hybridized carbons (Fsp3) is 0.182. The highest BCUT2D eigenvalue weighted by atomic mass is 32.2. The molecule has 1 atom stereocenters. The van der Waals surface area contributed by atoms with E-state index < -0.39 is 17.5 Å². The molecule has 0 fully saturated rings. The van der Waals surface area contributed by atoms with Crippen LogP contribution in [0.5, 0.6) is 0 Å². The second-order valence-corrected chi connectivity index (χ2v) is 4.75. The number of carbonyl (C=O) groups is 2. The second-order valence-electron chi connectivity index (χ2n) is 3.64. The number of carboxylic acid groups (broad SMARTS) is 1. The van der Waals surface area contributed by atoms with E-state index in [-0.39, 0.29) is 10.9 Å². The largest absolute Gasteiger partial charge is 0.502 e. The third-order valence-corrected chi connectivity index (χ3v) is 3.50. The van der Waals surface area contributed by atoms with Gasteiger partial charge in [0.25, 0.3) is 0 Å². The summed E-state index contributed by atoms with van der Waals surface area (Å²) in [5.74, 6) is -3.19. The van der Waals surface area contributed by atoms with Gasteiger partial charge >= 0.3 is 5.97 Å². The number of allylic oxidation sites excluding steroid dienone is 2. The predicted octanol–water partition coefficient (Wildman–Crippen LogP) is 1.81. The van der Waals surface area contributed by atoms with Gasteiger partial charge < -0.3 is 10.2 Å². The number of nitrogens with zero attached hydrogens (tertiary/aromatic N) is 1. The summed E-state index contributed by atoms with van der Waals surface area (Å²) in [6.45, 7) is 0. The molecule has 1 aromatic heterocycles. The Kier molecular flexibility index (Phi) is 3.52. The molecule has 0 radical (unpaired) electrons. The van der Waals surface area contributed by atoms with E-state index in [1.54, 1.807) is 17.8 Å². The molecule has 3 N–H and O–H groups in total. The molecule has 18 heavy (non-hydrogen) atoms. The van der Waals surface area contributed by atoms with Crippen molar-refractivity contribution in [2.75, 3.05) is 0 Å². The molecule has 1 aliphatic heterocycles. The van der Waals surface area contributed by atoms with Crippen LogP contribution in [0.4, 0.5) is 0 Å². The van der Waals surface area contributed by atoms with E-state index in [9.17, 15) is 9.59 Å². The summed E-state index contributed by atoms with van der Waals surface area (Å²) in [4.78, 5) is 22.0. The summed E-state index contributed by atoms with van der Waals surface area (Å²) in [6.07, 6.45) is 3.52. The first kappa shape index (κ1) is 12.4. The Hall–Kier alpha value is -2.02. The Labute approximate surface area is 106 Å². The van der Waals surface area contributed by atoms with Gasteiger partial charge in [-0.15, -0.1) is 11.8 Å². The van der Waals surface area contributed by atoms with Crippen molar-refractivity contribution >= 4 is 23.5 Å². The zero-order chi connectivity index (χ0) is 13.1. The van der Waals surface area contributed by atoms with Gasteiger partial charge in [-0.3, -0.25) is 9.89 Å². The van der Waals surface area contributed by atoms with Crippen LogP contribution in [0.15, 0.2) is 29.4 Å². The molecule has 94 valence electrons. The molecule has 2 heterocycles. The number of aliphatic hydroxyl groups excluding tert-OH is 1. The summed E-state index contributed by atoms with van der Waals surface area (Å²) in [6, 6.07) is 1.57. The Bertz CT molecular complexity index is 539. The lowest BCUT2D eigenvalue weighted by Crippen LogP contribution is -2.04. The maximum absolute atomic E-state index is 11.6. The average Bonchev–Trinajstić information content (AvgIpc) is 2.99. The molecule has 1 aliphatic rings. The van der Waals surface area contributed by atoms with E-state index in [0.29, 0.717) is 6.08 Å². The van der Waals surface area contributed by atoms with Gasteiger partial charge in [0.15, 0.2) is 0 Å². The number of aromatic amines is 1. The fourth-order valence-corrected chi connectivity index (χ4v) is 2.37. The number of aliphatic hydroxyl groups is 1. The predicted molar refractivity (Wildman–Crippen MR) is 65.4 cm³/mol. The molecule has 6 nitrogen and oxygen atoms in total. The van der Waals surface area contributed by atoms with Crippen molar-refractivity contribution in [2.45, 2.75) is 11.7 Å². The number of carboxylic acids is 1. The van der Waals surface area contributed by atoms with Crippen LogP contribution in [0.2, 0.25) is 0 Å². The molecule has 0 amide bonds. The van der Waals surface area contributed by atoms with E-state index in [0.717, 1.165) is 12.1 Å². The zero-order valence-electron chi connectivity index (χ0n) is 9.16. The maximum atomic E-state index is 11.6. The van der Waals surface area contributed by atoms with Crippen LogP contribution >= 0.6 is 11.8 Å². The van der Waals surface area contributed by atoms with Gasteiger partial charge in [-0.25, -0.2) is 4.79 Å². The Morgan fingerprint density at radius 1 is 1.50 bits per heavy atom. The van der Waals surface area contributed by atoms with Gasteiger partial charge in [0.1, 0.15) is 5.69 Å². The number of aromatic nitrogens is 2. The lowest BCUT2D eigenvalue weighted by Gasteiger charge is -2.02. The van der Waals surface area contributed by atoms with Crippen molar-refractivity contribution in [2.24, 2.45) is 0 Å². The number of thioether (sulfide) groups is 1. The average molecular weight is 266 g/mol. The molecule has 0 bridgehead atoms. The lowest BCUT2D eigenvalue weighted by atomic mass is 10.2. The van der Waals surface area contributed by atoms with Gasteiger partial charge in [-0.1, -0.05) is 6.08 Å². The topological polar surface area (TPSA) is 103 Å². The van der Waals surface area contributed by atoms with Crippen LogP contribution < -0.4 is 0 Å². The van der Waals surface area contributed by atoms with Gasteiger partial charge in [-0.2, -0.15) is 5.10 Å². The van der Waals surface area contributed by atoms with E-state index in [2.05, 4.69) is 10.2 Å². The van der Waals surface area contributed by atoms with Crippen LogP contribution in [0.25, 0.3) is 0 Å². The van der Waals surface area contributed by atoms with Crippen molar-refractivity contribution in [1.82, 2.24) is 10.2 Å². The Morgan fingerprint density at radius 3 is 2.89 bits per heavy atom. The molecule has 1 aromatic rings. The first-order valence-corrected chi connectivity index (χ1v) is 6.06. The molecule has 2 rings (SSSR count). The number of hydrogen-bond donors (Lipinski definition) is 3. The monoisotopic (exact) mass is 266 g/mol. The van der Waals surface area contributed by atoms with Crippen molar-refractivity contribution in [3.63, 3.8) is 0 Å². The number of rotatable bonds is 4. The van der Waals surface area contributed by atoms with E-state index in [4.69, 9.17) is 10.2 Å². The highest BCUT2D eigenvalue weighted by Gasteiger charge is 2.18. The highest BCUT2D eigenvalue weighted by Crippen LogP contribution is 2.37. The normalized spacial score (nSPS) is 19.1. The first-order valence-electron chi connectivity index (χ1n) is 5.12. The fourth-order valence-electron chi connectivity index (χ4n) is 1.47. The molecule has 7 heteroatoms. The number of H-pyrrole nitrogens is 1. The molecular weight excluding hydrogens is 256 g/mol. The van der Waals surface area contributed by atoms with Crippen molar-refractivity contribution in [3.8, 4) is 0 Å². The summed E-state index contributed by atoms with van der Waals surface area (Å²) in [7, 11) is 0. The molecule has 0 saturated carbocycles. The van der Waals surface area contributed by atoms with Crippen LogP contribution in [-0.2, 0) is 4.79 Å². The summed E-state index contributed by atoms with van der Waals surface area (Å²) in [5, 5.41) is 26.1. The summed E-state index contributed by atoms with van der Waals surface area (Å²) < 4.78 is 0. The minimum atomic E-state index is -1.55. The third kappa shape index (κ3) is 2.62. The maximum Gasteiger partial charge on any atom is 0.371 e. The van der Waals surface area contributed by atoms with Gasteiger partial charge in [0.05, 0.1) is 5.25 Å². The quantitative estimate of drug-likeness (QED) is 0.436. The Balaban J connectivity index is 2.12. The zero-order valence-corrected chi connectivity index (χ0v) is 9.98. The van der Waals surface area contributed by atoms with Crippen molar-refractivity contribution in [1.29, 1.82) is 0 Å². The van der Waals surface area contributed by atoms with Crippen molar-refractivity contribution in [3.05, 3.63) is 40.8 Å². The summed E-state index contributed by atoms with van der Waals surface area (Å²) >= 11 is 1.62. The molecule has 0 saturated heterocycles. The first-order chi connectivity index (χ1) is 8.58. The van der Waals surface area contributed by atoms with E-state index >= 15 is 0 Å². The van der Waals surface area contributed by atoms with Crippen molar-refractivity contribution < 1.29 is 19.8 Å². The smallest absolute Gasteiger partial charge is 0.371 e. The molecule has 0 spiro atoms. The molecule has 1 unspecified atom stereocenters. The van der Waals surface area contributed by atoms with Crippen LogP contribution in [0, 0.1) is 0 Å². The molecule has 0 aromatic carbocycles. The molecular formula is C11H10N2O4S. The number of carbonyl (C=O) groups excluding carboxylic acids is 1. The number of aliphatic carboxylic acids is 1.